The third kappa shape index (κ3) is 2.26. The Labute approximate surface area is 86.8 Å². The van der Waals surface area contributed by atoms with Gasteiger partial charge < -0.3 is 16.0 Å². The van der Waals surface area contributed by atoms with E-state index in [0.717, 1.165) is 0 Å². The summed E-state index contributed by atoms with van der Waals surface area (Å²) in [5.41, 5.74) is 5.63. The van der Waals surface area contributed by atoms with E-state index in [2.05, 4.69) is 5.32 Å². The van der Waals surface area contributed by atoms with E-state index in [4.69, 9.17) is 5.73 Å². The molecule has 2 saturated heterocycles. The van der Waals surface area contributed by atoms with E-state index in [1.807, 2.05) is 0 Å². The lowest BCUT2D eigenvalue weighted by Gasteiger charge is -2.20. The van der Waals surface area contributed by atoms with Gasteiger partial charge in [0, 0.05) is 25.6 Å². The minimum absolute atomic E-state index is 0.0398. The van der Waals surface area contributed by atoms with Crippen LogP contribution in [0.15, 0.2) is 0 Å². The van der Waals surface area contributed by atoms with Crippen LogP contribution in [0.1, 0.15) is 12.8 Å². The number of rotatable bonds is 1. The zero-order valence-corrected chi connectivity index (χ0v) is 8.38. The van der Waals surface area contributed by atoms with Crippen molar-refractivity contribution in [3.05, 3.63) is 0 Å². The van der Waals surface area contributed by atoms with Gasteiger partial charge in [-0.1, -0.05) is 0 Å². The summed E-state index contributed by atoms with van der Waals surface area (Å²) < 4.78 is 25.8. The topological polar surface area (TPSA) is 58.4 Å². The largest absolute Gasteiger partial charge is 0.335 e. The zero-order valence-electron chi connectivity index (χ0n) is 8.38. The van der Waals surface area contributed by atoms with Crippen LogP contribution >= 0.6 is 0 Å². The standard InChI is InChI=1S/C9H15F2N3O/c10-9(11)1-2-14(5-9)8(15)7-3-6(12)4-13-7/h6-7,13H,1-5,12H2/t6-,7-/m0/s1. The fourth-order valence-electron chi connectivity index (χ4n) is 2.10. The van der Waals surface area contributed by atoms with E-state index in [1.165, 1.54) is 4.90 Å². The van der Waals surface area contributed by atoms with Crippen LogP contribution in [0.3, 0.4) is 0 Å². The number of nitrogens with two attached hydrogens (primary N) is 1. The molecular formula is C9H15F2N3O. The molecule has 1 amide bonds. The smallest absolute Gasteiger partial charge is 0.267 e. The molecule has 2 aliphatic heterocycles. The lowest BCUT2D eigenvalue weighted by atomic mass is 10.1. The highest BCUT2D eigenvalue weighted by Crippen LogP contribution is 2.27. The molecule has 2 rings (SSSR count). The van der Waals surface area contributed by atoms with Crippen molar-refractivity contribution >= 4 is 5.91 Å². The van der Waals surface area contributed by atoms with Crippen molar-refractivity contribution in [1.29, 1.82) is 0 Å². The van der Waals surface area contributed by atoms with Crippen LogP contribution in [0.5, 0.6) is 0 Å². The Bertz CT molecular complexity index is 272. The Hall–Kier alpha value is -0.750. The number of amides is 1. The average molecular weight is 219 g/mol. The van der Waals surface area contributed by atoms with Crippen LogP contribution < -0.4 is 11.1 Å². The van der Waals surface area contributed by atoms with E-state index < -0.39 is 12.5 Å². The first-order valence-corrected chi connectivity index (χ1v) is 5.13. The van der Waals surface area contributed by atoms with Crippen molar-refractivity contribution in [2.75, 3.05) is 19.6 Å². The van der Waals surface area contributed by atoms with Crippen LogP contribution in [-0.2, 0) is 4.79 Å². The molecule has 0 unspecified atom stereocenters. The summed E-state index contributed by atoms with van der Waals surface area (Å²) in [6.45, 7) is 0.291. The van der Waals surface area contributed by atoms with Gasteiger partial charge in [-0.05, 0) is 6.42 Å². The van der Waals surface area contributed by atoms with Gasteiger partial charge >= 0.3 is 0 Å². The summed E-state index contributed by atoms with van der Waals surface area (Å²) >= 11 is 0. The van der Waals surface area contributed by atoms with E-state index >= 15 is 0 Å². The quantitative estimate of drug-likeness (QED) is 0.627. The molecule has 0 saturated carbocycles. The first-order valence-electron chi connectivity index (χ1n) is 5.13. The molecule has 0 aromatic carbocycles. The van der Waals surface area contributed by atoms with Crippen LogP contribution in [0.4, 0.5) is 8.78 Å². The first kappa shape index (κ1) is 10.8. The highest BCUT2D eigenvalue weighted by molar-refractivity contribution is 5.82. The van der Waals surface area contributed by atoms with Crippen LogP contribution in [0, 0.1) is 0 Å². The molecule has 4 nitrogen and oxygen atoms in total. The summed E-state index contributed by atoms with van der Waals surface area (Å²) in [4.78, 5) is 13.0. The molecule has 6 heteroatoms. The van der Waals surface area contributed by atoms with Gasteiger partial charge in [0.05, 0.1) is 12.6 Å². The molecule has 0 spiro atoms. The van der Waals surface area contributed by atoms with Crippen molar-refractivity contribution in [3.8, 4) is 0 Å². The molecule has 2 atom stereocenters. The highest BCUT2D eigenvalue weighted by Gasteiger charge is 2.42. The zero-order chi connectivity index (χ0) is 11.1. The molecule has 0 bridgehead atoms. The van der Waals surface area contributed by atoms with E-state index in [0.29, 0.717) is 13.0 Å². The Balaban J connectivity index is 1.92. The molecule has 0 aromatic heterocycles. The van der Waals surface area contributed by atoms with Crippen molar-refractivity contribution in [3.63, 3.8) is 0 Å². The SMILES string of the molecule is N[C@@H]1CN[C@H](C(=O)N2CCC(F)(F)C2)C1. The second-order valence-corrected chi connectivity index (χ2v) is 4.32. The highest BCUT2D eigenvalue weighted by atomic mass is 19.3. The summed E-state index contributed by atoms with van der Waals surface area (Å²) in [5.74, 6) is -2.95. The maximum atomic E-state index is 12.9. The number of alkyl halides is 2. The summed E-state index contributed by atoms with van der Waals surface area (Å²) in [5, 5.41) is 2.95. The molecule has 2 heterocycles. The number of hydrogen-bond acceptors (Lipinski definition) is 3. The number of carbonyl (C=O) groups is 1. The number of halogens is 2. The number of hydrogen-bond donors (Lipinski definition) is 2. The second kappa shape index (κ2) is 3.68. The fraction of sp³-hybridized carbons (Fsp3) is 0.889. The van der Waals surface area contributed by atoms with Gasteiger partial charge in [0.25, 0.3) is 5.92 Å². The summed E-state index contributed by atoms with van der Waals surface area (Å²) in [7, 11) is 0. The second-order valence-electron chi connectivity index (χ2n) is 4.32. The average Bonchev–Trinajstić information content (AvgIpc) is 2.71. The molecule has 3 N–H and O–H groups in total. The number of nitrogens with one attached hydrogen (secondary N) is 1. The Morgan fingerprint density at radius 2 is 2.27 bits per heavy atom. The molecular weight excluding hydrogens is 204 g/mol. The molecule has 2 fully saturated rings. The number of carbonyl (C=O) groups excluding carboxylic acids is 1. The van der Waals surface area contributed by atoms with Crippen molar-refractivity contribution in [2.24, 2.45) is 5.73 Å². The van der Waals surface area contributed by atoms with Gasteiger partial charge in [-0.3, -0.25) is 4.79 Å². The maximum absolute atomic E-state index is 12.9. The Kier molecular flexibility index (Phi) is 2.64. The van der Waals surface area contributed by atoms with Crippen molar-refractivity contribution in [2.45, 2.75) is 30.8 Å². The Morgan fingerprint density at radius 1 is 1.53 bits per heavy atom. The molecule has 0 aliphatic carbocycles. The number of nitrogens with zero attached hydrogens (tertiary/aromatic N) is 1. The van der Waals surface area contributed by atoms with E-state index in [1.54, 1.807) is 0 Å². The summed E-state index contributed by atoms with van der Waals surface area (Å²) in [6.07, 6.45) is 0.318. The van der Waals surface area contributed by atoms with Gasteiger partial charge in [0.2, 0.25) is 5.91 Å². The van der Waals surface area contributed by atoms with Gasteiger partial charge in [0.15, 0.2) is 0 Å². The molecule has 15 heavy (non-hydrogen) atoms. The molecule has 86 valence electrons. The third-order valence-corrected chi connectivity index (χ3v) is 2.94. The lowest BCUT2D eigenvalue weighted by molar-refractivity contribution is -0.133. The molecule has 0 aromatic rings. The van der Waals surface area contributed by atoms with E-state index in [9.17, 15) is 13.6 Å². The van der Waals surface area contributed by atoms with Crippen molar-refractivity contribution in [1.82, 2.24) is 10.2 Å². The van der Waals surface area contributed by atoms with E-state index in [-0.39, 0.29) is 31.0 Å². The predicted molar refractivity (Wildman–Crippen MR) is 50.5 cm³/mol. The predicted octanol–water partition coefficient (Wildman–Crippen LogP) is -0.457. The van der Waals surface area contributed by atoms with Gasteiger partial charge in [0.1, 0.15) is 0 Å². The van der Waals surface area contributed by atoms with Crippen LogP contribution in [0.25, 0.3) is 0 Å². The summed E-state index contributed by atoms with van der Waals surface area (Å²) in [6, 6.07) is -0.407. The minimum Gasteiger partial charge on any atom is -0.335 e. The third-order valence-electron chi connectivity index (χ3n) is 2.94. The molecule has 0 radical (unpaired) electrons. The van der Waals surface area contributed by atoms with Crippen LogP contribution in [0.2, 0.25) is 0 Å². The molecule has 2 aliphatic rings. The lowest BCUT2D eigenvalue weighted by Crippen LogP contribution is -2.43. The Morgan fingerprint density at radius 3 is 2.73 bits per heavy atom. The van der Waals surface area contributed by atoms with Gasteiger partial charge in [-0.15, -0.1) is 0 Å². The maximum Gasteiger partial charge on any atom is 0.267 e. The first-order chi connectivity index (χ1) is 6.98. The van der Waals surface area contributed by atoms with Gasteiger partial charge in [-0.2, -0.15) is 0 Å². The minimum atomic E-state index is -2.71. The van der Waals surface area contributed by atoms with Gasteiger partial charge in [-0.25, -0.2) is 8.78 Å². The normalized spacial score (nSPS) is 34.7. The monoisotopic (exact) mass is 219 g/mol. The fourth-order valence-corrected chi connectivity index (χ4v) is 2.10. The number of likely N-dealkylation sites (tertiary alicyclic amines) is 1. The van der Waals surface area contributed by atoms with Crippen molar-refractivity contribution < 1.29 is 13.6 Å². The van der Waals surface area contributed by atoms with Crippen LogP contribution in [-0.4, -0.2) is 48.4 Å².